The summed E-state index contributed by atoms with van der Waals surface area (Å²) in [5.74, 6) is 1.26. The molecule has 1 aliphatic rings. The maximum Gasteiger partial charge on any atom is 0.142 e. The number of likely N-dealkylation sites (tertiary alicyclic amines) is 1. The highest BCUT2D eigenvalue weighted by Crippen LogP contribution is 2.21. The van der Waals surface area contributed by atoms with Crippen LogP contribution in [0.3, 0.4) is 0 Å². The Morgan fingerprint density at radius 3 is 2.70 bits per heavy atom. The van der Waals surface area contributed by atoms with Crippen LogP contribution in [0.25, 0.3) is 0 Å². The van der Waals surface area contributed by atoms with E-state index in [2.05, 4.69) is 4.90 Å². The minimum atomic E-state index is -0.165. The fourth-order valence-corrected chi connectivity index (χ4v) is 2.74. The van der Waals surface area contributed by atoms with Crippen molar-refractivity contribution in [3.63, 3.8) is 0 Å². The highest BCUT2D eigenvalue weighted by molar-refractivity contribution is 5.51. The summed E-state index contributed by atoms with van der Waals surface area (Å²) in [7, 11) is 0. The Morgan fingerprint density at radius 1 is 1.35 bits per heavy atom. The molecule has 0 aromatic heterocycles. The number of aliphatic hydroxyl groups excluding tert-OH is 1. The van der Waals surface area contributed by atoms with E-state index in [9.17, 15) is 5.11 Å². The maximum absolute atomic E-state index is 9.58. The Kier molecular flexibility index (Phi) is 5.68. The normalized spacial score (nSPS) is 18.9. The molecule has 4 nitrogen and oxygen atoms in total. The summed E-state index contributed by atoms with van der Waals surface area (Å²) in [5, 5.41) is 9.58. The predicted octanol–water partition coefficient (Wildman–Crippen LogP) is 2.13. The van der Waals surface area contributed by atoms with Crippen LogP contribution in [0.2, 0.25) is 0 Å². The van der Waals surface area contributed by atoms with Gasteiger partial charge in [0.1, 0.15) is 5.75 Å². The van der Waals surface area contributed by atoms with E-state index in [-0.39, 0.29) is 6.10 Å². The predicted molar refractivity (Wildman–Crippen MR) is 81.8 cm³/mol. The number of ether oxygens (including phenoxy) is 1. The van der Waals surface area contributed by atoms with Crippen molar-refractivity contribution in [3.05, 3.63) is 24.3 Å². The van der Waals surface area contributed by atoms with Crippen LogP contribution in [0, 0.1) is 5.92 Å². The van der Waals surface area contributed by atoms with Crippen LogP contribution in [-0.4, -0.2) is 42.4 Å². The van der Waals surface area contributed by atoms with Crippen molar-refractivity contribution >= 4 is 5.69 Å². The Balaban J connectivity index is 1.62. The molecular weight excluding hydrogens is 252 g/mol. The number of nitrogens with zero attached hydrogens (tertiary/aromatic N) is 1. The van der Waals surface area contributed by atoms with Gasteiger partial charge in [-0.25, -0.2) is 0 Å². The lowest BCUT2D eigenvalue weighted by molar-refractivity contribution is 0.0701. The van der Waals surface area contributed by atoms with Crippen molar-refractivity contribution in [2.75, 3.05) is 32.0 Å². The number of hydrogen-bond donors (Lipinski definition) is 2. The lowest BCUT2D eigenvalue weighted by Crippen LogP contribution is -2.37. The molecule has 1 aliphatic heterocycles. The summed E-state index contributed by atoms with van der Waals surface area (Å²) in [6.45, 7) is 5.83. The first-order chi connectivity index (χ1) is 9.66. The van der Waals surface area contributed by atoms with Crippen LogP contribution in [0.15, 0.2) is 24.3 Å². The maximum atomic E-state index is 9.58. The van der Waals surface area contributed by atoms with Gasteiger partial charge in [-0.05, 0) is 57.3 Å². The molecule has 1 unspecified atom stereocenters. The average molecular weight is 278 g/mol. The molecule has 4 heteroatoms. The van der Waals surface area contributed by atoms with Crippen molar-refractivity contribution in [3.8, 4) is 5.75 Å². The van der Waals surface area contributed by atoms with Gasteiger partial charge in [0, 0.05) is 6.54 Å². The van der Waals surface area contributed by atoms with E-state index >= 15 is 0 Å². The molecule has 1 aromatic rings. The highest BCUT2D eigenvalue weighted by atomic mass is 16.5. The summed E-state index contributed by atoms with van der Waals surface area (Å²) >= 11 is 0. The average Bonchev–Trinajstić information content (AvgIpc) is 2.46. The van der Waals surface area contributed by atoms with Crippen molar-refractivity contribution in [2.45, 2.75) is 32.3 Å². The summed E-state index contributed by atoms with van der Waals surface area (Å²) in [5.41, 5.74) is 6.53. The largest absolute Gasteiger partial charge is 0.491 e. The SMILES string of the molecule is CC(O)C1CCN(CCCOc2ccccc2N)CC1. The second-order valence-corrected chi connectivity index (χ2v) is 5.66. The smallest absolute Gasteiger partial charge is 0.142 e. The fourth-order valence-electron chi connectivity index (χ4n) is 2.74. The number of hydrogen-bond acceptors (Lipinski definition) is 4. The van der Waals surface area contributed by atoms with Gasteiger partial charge in [0.15, 0.2) is 0 Å². The summed E-state index contributed by atoms with van der Waals surface area (Å²) in [4.78, 5) is 2.45. The summed E-state index contributed by atoms with van der Waals surface area (Å²) < 4.78 is 5.70. The zero-order chi connectivity index (χ0) is 14.4. The Hall–Kier alpha value is -1.26. The highest BCUT2D eigenvalue weighted by Gasteiger charge is 2.22. The van der Waals surface area contributed by atoms with E-state index in [1.807, 2.05) is 31.2 Å². The second kappa shape index (κ2) is 7.50. The van der Waals surface area contributed by atoms with Gasteiger partial charge in [0.2, 0.25) is 0 Å². The van der Waals surface area contributed by atoms with E-state index in [4.69, 9.17) is 10.5 Å². The molecule has 3 N–H and O–H groups in total. The molecule has 1 fully saturated rings. The Bertz CT molecular complexity index is 401. The van der Waals surface area contributed by atoms with Crippen LogP contribution in [-0.2, 0) is 0 Å². The van der Waals surface area contributed by atoms with E-state index in [0.717, 1.165) is 44.6 Å². The van der Waals surface area contributed by atoms with Crippen LogP contribution < -0.4 is 10.5 Å². The number of nitrogen functional groups attached to an aromatic ring is 1. The van der Waals surface area contributed by atoms with Crippen molar-refractivity contribution in [2.24, 2.45) is 5.92 Å². The van der Waals surface area contributed by atoms with E-state index < -0.39 is 0 Å². The number of anilines is 1. The first-order valence-corrected chi connectivity index (χ1v) is 7.54. The third-order valence-corrected chi connectivity index (χ3v) is 4.11. The molecular formula is C16H26N2O2. The zero-order valence-corrected chi connectivity index (χ0v) is 12.3. The van der Waals surface area contributed by atoms with Gasteiger partial charge in [-0.2, -0.15) is 0 Å². The lowest BCUT2D eigenvalue weighted by atomic mass is 9.92. The van der Waals surface area contributed by atoms with E-state index in [1.165, 1.54) is 0 Å². The zero-order valence-electron chi connectivity index (χ0n) is 12.3. The van der Waals surface area contributed by atoms with E-state index in [0.29, 0.717) is 18.2 Å². The number of rotatable bonds is 6. The van der Waals surface area contributed by atoms with Crippen LogP contribution in [0.1, 0.15) is 26.2 Å². The summed E-state index contributed by atoms with van der Waals surface area (Å²) in [6.07, 6.45) is 3.05. The van der Waals surface area contributed by atoms with Crippen molar-refractivity contribution in [1.82, 2.24) is 4.90 Å². The van der Waals surface area contributed by atoms with Gasteiger partial charge < -0.3 is 20.5 Å². The van der Waals surface area contributed by atoms with Gasteiger partial charge in [-0.3, -0.25) is 0 Å². The molecule has 0 saturated carbocycles. The quantitative estimate of drug-likeness (QED) is 0.618. The van der Waals surface area contributed by atoms with Crippen LogP contribution in [0.4, 0.5) is 5.69 Å². The Morgan fingerprint density at radius 2 is 2.05 bits per heavy atom. The first kappa shape index (κ1) is 15.1. The minimum Gasteiger partial charge on any atom is -0.491 e. The molecule has 1 heterocycles. The molecule has 0 amide bonds. The monoisotopic (exact) mass is 278 g/mol. The van der Waals surface area contributed by atoms with Crippen LogP contribution >= 0.6 is 0 Å². The molecule has 2 rings (SSSR count). The van der Waals surface area contributed by atoms with E-state index in [1.54, 1.807) is 0 Å². The number of para-hydroxylation sites is 2. The minimum absolute atomic E-state index is 0.165. The first-order valence-electron chi connectivity index (χ1n) is 7.54. The molecule has 1 atom stereocenters. The molecule has 1 aromatic carbocycles. The van der Waals surface area contributed by atoms with Gasteiger partial charge in [0.05, 0.1) is 18.4 Å². The van der Waals surface area contributed by atoms with Crippen molar-refractivity contribution in [1.29, 1.82) is 0 Å². The molecule has 0 spiro atoms. The number of nitrogens with two attached hydrogens (primary N) is 1. The molecule has 0 aliphatic carbocycles. The third-order valence-electron chi connectivity index (χ3n) is 4.11. The molecule has 20 heavy (non-hydrogen) atoms. The van der Waals surface area contributed by atoms with Gasteiger partial charge in [0.25, 0.3) is 0 Å². The Labute approximate surface area is 121 Å². The van der Waals surface area contributed by atoms with Gasteiger partial charge >= 0.3 is 0 Å². The topological polar surface area (TPSA) is 58.7 Å². The molecule has 1 saturated heterocycles. The number of piperidine rings is 1. The van der Waals surface area contributed by atoms with Gasteiger partial charge in [-0.1, -0.05) is 12.1 Å². The van der Waals surface area contributed by atoms with Crippen molar-refractivity contribution < 1.29 is 9.84 Å². The lowest BCUT2D eigenvalue weighted by Gasteiger charge is -2.33. The molecule has 0 radical (unpaired) electrons. The fraction of sp³-hybridized carbons (Fsp3) is 0.625. The third kappa shape index (κ3) is 4.39. The second-order valence-electron chi connectivity index (χ2n) is 5.66. The summed E-state index contributed by atoms with van der Waals surface area (Å²) in [6, 6.07) is 7.61. The molecule has 112 valence electrons. The number of aliphatic hydroxyl groups is 1. The van der Waals surface area contributed by atoms with Gasteiger partial charge in [-0.15, -0.1) is 0 Å². The standard InChI is InChI=1S/C16H26N2O2/c1-13(19)14-7-10-18(11-8-14)9-4-12-20-16-6-3-2-5-15(16)17/h2-3,5-6,13-14,19H,4,7-12,17H2,1H3. The number of benzene rings is 1. The molecule has 0 bridgehead atoms. The van der Waals surface area contributed by atoms with Crippen LogP contribution in [0.5, 0.6) is 5.75 Å².